The molecule has 1 aliphatic rings. The number of rotatable bonds is 4. The van der Waals surface area contributed by atoms with E-state index in [2.05, 4.69) is 29.2 Å². The molecule has 0 aromatic heterocycles. The van der Waals surface area contributed by atoms with Crippen LogP contribution >= 0.6 is 23.2 Å². The van der Waals surface area contributed by atoms with E-state index in [0.717, 1.165) is 30.1 Å². The first-order valence-electron chi connectivity index (χ1n) is 7.17. The lowest BCUT2D eigenvalue weighted by molar-refractivity contribution is 0.644. The summed E-state index contributed by atoms with van der Waals surface area (Å²) in [5, 5.41) is 1.40. The van der Waals surface area contributed by atoms with Crippen molar-refractivity contribution in [3.8, 4) is 0 Å². The molecule has 0 saturated heterocycles. The second-order valence-electron chi connectivity index (χ2n) is 5.45. The number of anilines is 1. The van der Waals surface area contributed by atoms with E-state index in [4.69, 9.17) is 28.9 Å². The van der Waals surface area contributed by atoms with Crippen molar-refractivity contribution < 1.29 is 0 Å². The standard InChI is InChI=1S/C17H18Cl2N2/c18-14-6-5-13(16(19)9-14)11-21-10-12(7-8-20)15-3-1-2-4-17(15)21/h1-6,9,12H,7-8,10-11,20H2. The van der Waals surface area contributed by atoms with Gasteiger partial charge in [0.2, 0.25) is 0 Å². The van der Waals surface area contributed by atoms with E-state index in [9.17, 15) is 0 Å². The summed E-state index contributed by atoms with van der Waals surface area (Å²) in [5.74, 6) is 0.511. The summed E-state index contributed by atoms with van der Waals surface area (Å²) < 4.78 is 0. The third-order valence-electron chi connectivity index (χ3n) is 4.05. The Labute approximate surface area is 135 Å². The maximum absolute atomic E-state index is 6.30. The highest BCUT2D eigenvalue weighted by Crippen LogP contribution is 2.39. The molecule has 2 aromatic carbocycles. The van der Waals surface area contributed by atoms with Crippen LogP contribution in [0.4, 0.5) is 5.69 Å². The summed E-state index contributed by atoms with van der Waals surface area (Å²) in [6.45, 7) is 2.51. The number of fused-ring (bicyclic) bond motifs is 1. The minimum atomic E-state index is 0.511. The van der Waals surface area contributed by atoms with Crippen molar-refractivity contribution in [2.24, 2.45) is 5.73 Å². The van der Waals surface area contributed by atoms with E-state index in [1.165, 1.54) is 11.3 Å². The molecular formula is C17H18Cl2N2. The van der Waals surface area contributed by atoms with E-state index in [1.807, 2.05) is 12.1 Å². The molecular weight excluding hydrogens is 303 g/mol. The zero-order valence-corrected chi connectivity index (χ0v) is 13.2. The average molecular weight is 321 g/mol. The molecule has 1 aliphatic heterocycles. The Morgan fingerprint density at radius 1 is 1.14 bits per heavy atom. The van der Waals surface area contributed by atoms with E-state index >= 15 is 0 Å². The average Bonchev–Trinajstić information content (AvgIpc) is 2.81. The Morgan fingerprint density at radius 3 is 2.71 bits per heavy atom. The lowest BCUT2D eigenvalue weighted by atomic mass is 9.98. The molecule has 21 heavy (non-hydrogen) atoms. The number of hydrogen-bond acceptors (Lipinski definition) is 2. The van der Waals surface area contributed by atoms with Gasteiger partial charge in [-0.25, -0.2) is 0 Å². The Hall–Kier alpha value is -1.22. The number of benzene rings is 2. The molecule has 0 fully saturated rings. The van der Waals surface area contributed by atoms with Crippen LogP contribution in [-0.4, -0.2) is 13.1 Å². The highest BCUT2D eigenvalue weighted by molar-refractivity contribution is 6.35. The van der Waals surface area contributed by atoms with Gasteiger partial charge >= 0.3 is 0 Å². The second kappa shape index (κ2) is 6.27. The molecule has 0 saturated carbocycles. The van der Waals surface area contributed by atoms with E-state index in [1.54, 1.807) is 6.07 Å². The van der Waals surface area contributed by atoms with Crippen molar-refractivity contribution in [1.82, 2.24) is 0 Å². The van der Waals surface area contributed by atoms with Gasteiger partial charge in [-0.3, -0.25) is 0 Å². The number of hydrogen-bond donors (Lipinski definition) is 1. The summed E-state index contributed by atoms with van der Waals surface area (Å²) in [6.07, 6.45) is 1.02. The molecule has 0 amide bonds. The summed E-state index contributed by atoms with van der Waals surface area (Å²) >= 11 is 12.3. The Morgan fingerprint density at radius 2 is 1.95 bits per heavy atom. The highest BCUT2D eigenvalue weighted by Gasteiger charge is 2.27. The maximum atomic E-state index is 6.30. The first-order valence-corrected chi connectivity index (χ1v) is 7.92. The minimum Gasteiger partial charge on any atom is -0.366 e. The molecule has 2 aromatic rings. The number of nitrogens with two attached hydrogens (primary N) is 1. The molecule has 0 spiro atoms. The van der Waals surface area contributed by atoms with Gasteiger partial charge in [-0.2, -0.15) is 0 Å². The summed E-state index contributed by atoms with van der Waals surface area (Å²) in [7, 11) is 0. The van der Waals surface area contributed by atoms with Crippen molar-refractivity contribution in [1.29, 1.82) is 0 Å². The molecule has 0 aliphatic carbocycles. The molecule has 4 heteroatoms. The summed E-state index contributed by atoms with van der Waals surface area (Å²) in [4.78, 5) is 2.38. The summed E-state index contributed by atoms with van der Waals surface area (Å²) in [6, 6.07) is 14.3. The van der Waals surface area contributed by atoms with Gasteiger partial charge in [-0.1, -0.05) is 47.5 Å². The minimum absolute atomic E-state index is 0.511. The SMILES string of the molecule is NCCC1CN(Cc2ccc(Cl)cc2Cl)c2ccccc21. The van der Waals surface area contributed by atoms with Crippen LogP contribution in [0.25, 0.3) is 0 Å². The van der Waals surface area contributed by atoms with Gasteiger partial charge in [0.05, 0.1) is 0 Å². The van der Waals surface area contributed by atoms with E-state index < -0.39 is 0 Å². The summed E-state index contributed by atoms with van der Waals surface area (Å²) in [5.41, 5.74) is 9.54. The van der Waals surface area contributed by atoms with Crippen LogP contribution in [0.15, 0.2) is 42.5 Å². The van der Waals surface area contributed by atoms with Gasteiger partial charge in [0.15, 0.2) is 0 Å². The molecule has 1 atom stereocenters. The zero-order chi connectivity index (χ0) is 14.8. The fourth-order valence-electron chi connectivity index (χ4n) is 3.04. The molecule has 0 radical (unpaired) electrons. The number of halogens is 2. The van der Waals surface area contributed by atoms with E-state index in [-0.39, 0.29) is 0 Å². The van der Waals surface area contributed by atoms with E-state index in [0.29, 0.717) is 17.5 Å². The van der Waals surface area contributed by atoms with Crippen LogP contribution in [0, 0.1) is 0 Å². The fraction of sp³-hybridized carbons (Fsp3) is 0.294. The first-order chi connectivity index (χ1) is 10.2. The predicted octanol–water partition coefficient (Wildman–Crippen LogP) is 4.45. The van der Waals surface area contributed by atoms with Gasteiger partial charge in [0, 0.05) is 34.7 Å². The third-order valence-corrected chi connectivity index (χ3v) is 4.64. The van der Waals surface area contributed by atoms with Gasteiger partial charge < -0.3 is 10.6 Å². The lowest BCUT2D eigenvalue weighted by Crippen LogP contribution is -2.22. The molecule has 2 nitrogen and oxygen atoms in total. The molecule has 1 unspecified atom stereocenters. The van der Waals surface area contributed by atoms with Gasteiger partial charge in [0.1, 0.15) is 0 Å². The van der Waals surface area contributed by atoms with Gasteiger partial charge in [-0.15, -0.1) is 0 Å². The second-order valence-corrected chi connectivity index (χ2v) is 6.29. The van der Waals surface area contributed by atoms with Crippen molar-refractivity contribution in [2.45, 2.75) is 18.9 Å². The predicted molar refractivity (Wildman–Crippen MR) is 90.4 cm³/mol. The van der Waals surface area contributed by atoms with Crippen molar-refractivity contribution >= 4 is 28.9 Å². The van der Waals surface area contributed by atoms with Crippen LogP contribution in [-0.2, 0) is 6.54 Å². The highest BCUT2D eigenvalue weighted by atomic mass is 35.5. The van der Waals surface area contributed by atoms with Crippen LogP contribution in [0.5, 0.6) is 0 Å². The topological polar surface area (TPSA) is 29.3 Å². The third kappa shape index (κ3) is 3.03. The lowest BCUT2D eigenvalue weighted by Gasteiger charge is -2.21. The zero-order valence-electron chi connectivity index (χ0n) is 11.7. The molecule has 110 valence electrons. The fourth-order valence-corrected chi connectivity index (χ4v) is 3.50. The first kappa shape index (κ1) is 14.7. The van der Waals surface area contributed by atoms with Crippen molar-refractivity contribution in [3.63, 3.8) is 0 Å². The smallest absolute Gasteiger partial charge is 0.0470 e. The van der Waals surface area contributed by atoms with Crippen LogP contribution in [0.3, 0.4) is 0 Å². The quantitative estimate of drug-likeness (QED) is 0.902. The molecule has 1 heterocycles. The number of nitrogens with zero attached hydrogens (tertiary/aromatic N) is 1. The number of para-hydroxylation sites is 1. The largest absolute Gasteiger partial charge is 0.366 e. The molecule has 2 N–H and O–H groups in total. The van der Waals surface area contributed by atoms with Crippen LogP contribution < -0.4 is 10.6 Å². The van der Waals surface area contributed by atoms with Crippen molar-refractivity contribution in [2.75, 3.05) is 18.0 Å². The normalized spacial score (nSPS) is 17.1. The monoisotopic (exact) mass is 320 g/mol. The van der Waals surface area contributed by atoms with Crippen LogP contribution in [0.1, 0.15) is 23.5 Å². The van der Waals surface area contributed by atoms with Crippen LogP contribution in [0.2, 0.25) is 10.0 Å². The Balaban J connectivity index is 1.86. The van der Waals surface area contributed by atoms with Gasteiger partial charge in [0.25, 0.3) is 0 Å². The maximum Gasteiger partial charge on any atom is 0.0470 e. The van der Waals surface area contributed by atoms with Gasteiger partial charge in [-0.05, 0) is 42.3 Å². The van der Waals surface area contributed by atoms with Crippen molar-refractivity contribution in [3.05, 3.63) is 63.6 Å². The molecule has 0 bridgehead atoms. The Bertz CT molecular complexity index is 642. The molecule has 3 rings (SSSR count). The Kier molecular flexibility index (Phi) is 4.39.